The van der Waals surface area contributed by atoms with Crippen LogP contribution in [0.4, 0.5) is 0 Å². The highest BCUT2D eigenvalue weighted by Gasteiger charge is 2.27. The minimum Gasteiger partial charge on any atom is -0.381 e. The molecule has 0 saturated carbocycles. The van der Waals surface area contributed by atoms with E-state index in [0.717, 1.165) is 26.3 Å². The molecule has 0 bridgehead atoms. The second-order valence-corrected chi connectivity index (χ2v) is 3.35. The lowest BCUT2D eigenvalue weighted by Gasteiger charge is -2.12. The molecule has 66 valence electrons. The van der Waals surface area contributed by atoms with Crippen molar-refractivity contribution in [1.82, 2.24) is 5.01 Å². The first-order valence-corrected chi connectivity index (χ1v) is 4.31. The Bertz CT molecular complexity index is 119. The molecule has 0 aromatic carbocycles. The maximum Gasteiger partial charge on any atom is 0.0509 e. The summed E-state index contributed by atoms with van der Waals surface area (Å²) in [6.45, 7) is 7.94. The highest BCUT2D eigenvalue weighted by molar-refractivity contribution is 4.77. The first-order valence-electron chi connectivity index (χ1n) is 4.31. The largest absolute Gasteiger partial charge is 0.381 e. The molecule has 0 aromatic heterocycles. The quantitative estimate of drug-likeness (QED) is 0.607. The van der Waals surface area contributed by atoms with Crippen molar-refractivity contribution in [3.8, 4) is 0 Å². The van der Waals surface area contributed by atoms with Gasteiger partial charge in [-0.1, -0.05) is 6.92 Å². The van der Waals surface area contributed by atoms with Crippen LogP contribution in [0.5, 0.6) is 0 Å². The van der Waals surface area contributed by atoms with E-state index in [-0.39, 0.29) is 0 Å². The first kappa shape index (κ1) is 8.97. The van der Waals surface area contributed by atoms with Crippen molar-refractivity contribution in [2.24, 2.45) is 17.7 Å². The molecular formula is C8H18N2O. The van der Waals surface area contributed by atoms with E-state index in [1.54, 1.807) is 0 Å². The van der Waals surface area contributed by atoms with Gasteiger partial charge in [0.15, 0.2) is 0 Å². The maximum absolute atomic E-state index is 5.67. The lowest BCUT2D eigenvalue weighted by atomic mass is 9.99. The zero-order valence-corrected chi connectivity index (χ0v) is 7.42. The van der Waals surface area contributed by atoms with Crippen LogP contribution in [0.15, 0.2) is 0 Å². The van der Waals surface area contributed by atoms with Crippen LogP contribution >= 0.6 is 0 Å². The minimum atomic E-state index is 0.639. The van der Waals surface area contributed by atoms with Crippen LogP contribution in [-0.2, 0) is 4.74 Å². The predicted octanol–water partition coefficient (Wildman–Crippen LogP) is 0.465. The van der Waals surface area contributed by atoms with Crippen molar-refractivity contribution in [1.29, 1.82) is 0 Å². The standard InChI is InChI=1S/C8H18N2O/c1-3-11-6-8-5-10(9)4-7(8)2/h7-8H,3-6,9H2,1-2H3. The Morgan fingerprint density at radius 1 is 1.55 bits per heavy atom. The van der Waals surface area contributed by atoms with Crippen molar-refractivity contribution in [2.75, 3.05) is 26.3 Å². The average Bonchev–Trinajstić information content (AvgIpc) is 2.26. The second-order valence-electron chi connectivity index (χ2n) is 3.35. The van der Waals surface area contributed by atoms with Crippen molar-refractivity contribution in [2.45, 2.75) is 13.8 Å². The molecule has 1 saturated heterocycles. The molecule has 0 radical (unpaired) electrons. The molecule has 2 N–H and O–H groups in total. The smallest absolute Gasteiger partial charge is 0.0509 e. The molecule has 0 amide bonds. The van der Waals surface area contributed by atoms with Gasteiger partial charge in [0, 0.05) is 25.6 Å². The third kappa shape index (κ3) is 2.43. The maximum atomic E-state index is 5.67. The summed E-state index contributed by atoms with van der Waals surface area (Å²) in [5.74, 6) is 6.99. The lowest BCUT2D eigenvalue weighted by Crippen LogP contribution is -2.28. The average molecular weight is 158 g/mol. The summed E-state index contributed by atoms with van der Waals surface area (Å²) in [5.41, 5.74) is 0. The van der Waals surface area contributed by atoms with Gasteiger partial charge in [-0.15, -0.1) is 0 Å². The molecule has 1 fully saturated rings. The van der Waals surface area contributed by atoms with Gasteiger partial charge in [0.1, 0.15) is 0 Å². The molecule has 3 nitrogen and oxygen atoms in total. The van der Waals surface area contributed by atoms with Crippen LogP contribution in [0.25, 0.3) is 0 Å². The Labute approximate surface area is 68.5 Å². The van der Waals surface area contributed by atoms with Crippen LogP contribution in [0.2, 0.25) is 0 Å². The van der Waals surface area contributed by atoms with Crippen LogP contribution in [0.3, 0.4) is 0 Å². The van der Waals surface area contributed by atoms with E-state index in [1.165, 1.54) is 0 Å². The van der Waals surface area contributed by atoms with E-state index in [2.05, 4.69) is 6.92 Å². The van der Waals surface area contributed by atoms with Gasteiger partial charge in [0.2, 0.25) is 0 Å². The number of rotatable bonds is 3. The number of hydrogen-bond acceptors (Lipinski definition) is 3. The normalized spacial score (nSPS) is 33.0. The van der Waals surface area contributed by atoms with Crippen molar-refractivity contribution in [3.63, 3.8) is 0 Å². The number of ether oxygens (including phenoxy) is 1. The monoisotopic (exact) mass is 158 g/mol. The predicted molar refractivity (Wildman–Crippen MR) is 44.9 cm³/mol. The zero-order valence-electron chi connectivity index (χ0n) is 7.42. The van der Waals surface area contributed by atoms with E-state index in [0.29, 0.717) is 11.8 Å². The van der Waals surface area contributed by atoms with Crippen LogP contribution < -0.4 is 5.84 Å². The van der Waals surface area contributed by atoms with Crippen molar-refractivity contribution in [3.05, 3.63) is 0 Å². The van der Waals surface area contributed by atoms with Gasteiger partial charge in [-0.25, -0.2) is 5.01 Å². The van der Waals surface area contributed by atoms with Crippen molar-refractivity contribution < 1.29 is 4.74 Å². The van der Waals surface area contributed by atoms with Gasteiger partial charge >= 0.3 is 0 Å². The second kappa shape index (κ2) is 4.04. The summed E-state index contributed by atoms with van der Waals surface area (Å²) in [6.07, 6.45) is 0. The van der Waals surface area contributed by atoms with E-state index in [4.69, 9.17) is 10.6 Å². The Morgan fingerprint density at radius 3 is 2.73 bits per heavy atom. The molecule has 11 heavy (non-hydrogen) atoms. The summed E-state index contributed by atoms with van der Waals surface area (Å²) in [6, 6.07) is 0. The van der Waals surface area contributed by atoms with E-state index >= 15 is 0 Å². The highest BCUT2D eigenvalue weighted by Crippen LogP contribution is 2.20. The molecule has 0 aromatic rings. The molecule has 1 aliphatic rings. The third-order valence-corrected chi connectivity index (χ3v) is 2.33. The SMILES string of the molecule is CCOCC1CN(N)CC1C. The van der Waals surface area contributed by atoms with Gasteiger partial charge in [-0.2, -0.15) is 0 Å². The number of hydrazine groups is 1. The van der Waals surface area contributed by atoms with Crippen LogP contribution in [0.1, 0.15) is 13.8 Å². The van der Waals surface area contributed by atoms with Crippen molar-refractivity contribution >= 4 is 0 Å². The third-order valence-electron chi connectivity index (χ3n) is 2.33. The van der Waals surface area contributed by atoms with Crippen LogP contribution in [-0.4, -0.2) is 31.3 Å². The fraction of sp³-hybridized carbons (Fsp3) is 1.00. The van der Waals surface area contributed by atoms with E-state index in [1.807, 2.05) is 11.9 Å². The van der Waals surface area contributed by atoms with E-state index < -0.39 is 0 Å². The summed E-state index contributed by atoms with van der Waals surface area (Å²) >= 11 is 0. The Hall–Kier alpha value is -0.120. The molecule has 2 unspecified atom stereocenters. The topological polar surface area (TPSA) is 38.5 Å². The van der Waals surface area contributed by atoms with Gasteiger partial charge in [-0.3, -0.25) is 5.84 Å². The molecule has 0 spiro atoms. The van der Waals surface area contributed by atoms with Gasteiger partial charge in [0.05, 0.1) is 6.61 Å². The van der Waals surface area contributed by atoms with Gasteiger partial charge in [-0.05, 0) is 12.8 Å². The molecule has 3 heteroatoms. The fourth-order valence-corrected chi connectivity index (χ4v) is 1.56. The van der Waals surface area contributed by atoms with E-state index in [9.17, 15) is 0 Å². The minimum absolute atomic E-state index is 0.639. The molecule has 1 rings (SSSR count). The number of nitrogens with zero attached hydrogens (tertiary/aromatic N) is 1. The van der Waals surface area contributed by atoms with Gasteiger partial charge in [0.25, 0.3) is 0 Å². The number of hydrogen-bond donors (Lipinski definition) is 1. The van der Waals surface area contributed by atoms with Crippen LogP contribution in [0, 0.1) is 11.8 Å². The lowest BCUT2D eigenvalue weighted by molar-refractivity contribution is 0.101. The molecule has 1 aliphatic heterocycles. The highest BCUT2D eigenvalue weighted by atomic mass is 16.5. The molecule has 0 aliphatic carbocycles. The molecular weight excluding hydrogens is 140 g/mol. The first-order chi connectivity index (χ1) is 5.24. The fourth-order valence-electron chi connectivity index (χ4n) is 1.56. The molecule has 2 atom stereocenters. The zero-order chi connectivity index (χ0) is 8.27. The Balaban J connectivity index is 2.23. The molecule has 1 heterocycles. The summed E-state index contributed by atoms with van der Waals surface area (Å²) in [7, 11) is 0. The summed E-state index contributed by atoms with van der Waals surface area (Å²) in [4.78, 5) is 0. The Morgan fingerprint density at radius 2 is 2.27 bits per heavy atom. The Kier molecular flexibility index (Phi) is 3.30. The van der Waals surface area contributed by atoms with Gasteiger partial charge < -0.3 is 4.74 Å². The summed E-state index contributed by atoms with van der Waals surface area (Å²) in [5, 5.41) is 1.88. The summed E-state index contributed by atoms with van der Waals surface area (Å²) < 4.78 is 5.35. The number of nitrogens with two attached hydrogens (primary N) is 1.